The molecule has 7 atom stereocenters. The molecule has 3 aliphatic rings. The first-order valence-electron chi connectivity index (χ1n) is 8.81. The quantitative estimate of drug-likeness (QED) is 0.726. The van der Waals surface area contributed by atoms with Crippen molar-refractivity contribution in [3.8, 4) is 0 Å². The van der Waals surface area contributed by atoms with Crippen LogP contribution in [0.25, 0.3) is 0 Å². The van der Waals surface area contributed by atoms with E-state index in [0.29, 0.717) is 6.42 Å². The lowest BCUT2D eigenvalue weighted by molar-refractivity contribution is -0.170. The van der Waals surface area contributed by atoms with Gasteiger partial charge in [-0.3, -0.25) is 14.4 Å². The van der Waals surface area contributed by atoms with E-state index in [2.05, 4.69) is 6.92 Å². The predicted octanol–water partition coefficient (Wildman–Crippen LogP) is 2.53. The van der Waals surface area contributed by atoms with Gasteiger partial charge in [-0.25, -0.2) is 0 Å². The summed E-state index contributed by atoms with van der Waals surface area (Å²) in [6, 6.07) is 0. The van der Waals surface area contributed by atoms with E-state index in [1.165, 1.54) is 0 Å². The van der Waals surface area contributed by atoms with Crippen LogP contribution in [0.5, 0.6) is 0 Å². The van der Waals surface area contributed by atoms with Gasteiger partial charge in [0, 0.05) is 5.92 Å². The van der Waals surface area contributed by atoms with Gasteiger partial charge in [0.15, 0.2) is 5.78 Å². The minimum atomic E-state index is -0.828. The summed E-state index contributed by atoms with van der Waals surface area (Å²) in [7, 11) is 0. The summed E-state index contributed by atoms with van der Waals surface area (Å²) in [6.45, 7) is 9.31. The van der Waals surface area contributed by atoms with E-state index in [0.717, 1.165) is 0 Å². The number of allylic oxidation sites excluding steroid dienone is 2. The molecule has 0 bridgehead atoms. The maximum absolute atomic E-state index is 12.8. The molecule has 132 valence electrons. The van der Waals surface area contributed by atoms with E-state index < -0.39 is 11.5 Å². The van der Waals surface area contributed by atoms with Crippen LogP contribution < -0.4 is 0 Å². The number of hydrogen-bond donors (Lipinski definition) is 0. The van der Waals surface area contributed by atoms with Gasteiger partial charge in [-0.15, -0.1) is 0 Å². The molecule has 1 saturated heterocycles. The summed E-state index contributed by atoms with van der Waals surface area (Å²) in [5.41, 5.74) is -0.828. The Morgan fingerprint density at radius 3 is 2.62 bits per heavy atom. The zero-order valence-electron chi connectivity index (χ0n) is 14.9. The Morgan fingerprint density at radius 1 is 1.33 bits per heavy atom. The average Bonchev–Trinajstić information content (AvgIpc) is 2.92. The molecule has 0 aromatic carbocycles. The molecular weight excluding hydrogens is 308 g/mol. The zero-order chi connectivity index (χ0) is 17.8. The van der Waals surface area contributed by atoms with Gasteiger partial charge in [-0.2, -0.15) is 0 Å². The van der Waals surface area contributed by atoms with Gasteiger partial charge in [0.25, 0.3) is 0 Å². The van der Waals surface area contributed by atoms with Gasteiger partial charge in [-0.1, -0.05) is 33.8 Å². The number of ether oxygens (including phenoxy) is 2. The van der Waals surface area contributed by atoms with Crippen molar-refractivity contribution in [3.05, 3.63) is 12.2 Å². The molecule has 24 heavy (non-hydrogen) atoms. The van der Waals surface area contributed by atoms with Crippen molar-refractivity contribution < 1.29 is 23.9 Å². The first kappa shape index (κ1) is 17.2. The number of fused-ring (bicyclic) bond motifs is 2. The number of carbonyl (C=O) groups excluding carboxylic acids is 3. The summed E-state index contributed by atoms with van der Waals surface area (Å²) in [5.74, 6) is -1.39. The van der Waals surface area contributed by atoms with E-state index in [9.17, 15) is 14.4 Å². The van der Waals surface area contributed by atoms with E-state index in [4.69, 9.17) is 9.47 Å². The minimum Gasteiger partial charge on any atom is -0.462 e. The smallest absolute Gasteiger partial charge is 0.309 e. The van der Waals surface area contributed by atoms with Crippen molar-refractivity contribution in [2.75, 3.05) is 0 Å². The fraction of sp³-hybridized carbons (Fsp3) is 0.737. The van der Waals surface area contributed by atoms with Crippen molar-refractivity contribution in [1.82, 2.24) is 0 Å². The van der Waals surface area contributed by atoms with E-state index in [1.54, 1.807) is 19.9 Å². The molecule has 0 aromatic heterocycles. The Labute approximate surface area is 142 Å². The summed E-state index contributed by atoms with van der Waals surface area (Å²) in [5, 5.41) is 0. The van der Waals surface area contributed by atoms with Gasteiger partial charge >= 0.3 is 11.9 Å². The van der Waals surface area contributed by atoms with Gasteiger partial charge in [0.1, 0.15) is 12.2 Å². The monoisotopic (exact) mass is 334 g/mol. The normalized spacial score (nSPS) is 44.1. The van der Waals surface area contributed by atoms with Crippen molar-refractivity contribution in [1.29, 1.82) is 0 Å². The molecule has 0 spiro atoms. The highest BCUT2D eigenvalue weighted by Gasteiger charge is 2.62. The third kappa shape index (κ3) is 2.32. The topological polar surface area (TPSA) is 69.7 Å². The van der Waals surface area contributed by atoms with Gasteiger partial charge in [0.05, 0.1) is 17.3 Å². The Balaban J connectivity index is 2.07. The number of hydrogen-bond acceptors (Lipinski definition) is 5. The summed E-state index contributed by atoms with van der Waals surface area (Å²) < 4.78 is 11.4. The standard InChI is InChI=1S/C19H26O5/c1-9(2)17(21)24-16-15-11(4)18(22)23-13(15)8-10(3)12-6-7-14(20)19(12,16)5/h6-7,9-13,15-16H,8H2,1-5H3. The van der Waals surface area contributed by atoms with E-state index in [1.807, 2.05) is 19.9 Å². The van der Waals surface area contributed by atoms with Crippen LogP contribution in [0.15, 0.2) is 12.2 Å². The molecule has 3 rings (SSSR count). The van der Waals surface area contributed by atoms with Crippen LogP contribution in [-0.4, -0.2) is 29.9 Å². The van der Waals surface area contributed by atoms with Crippen molar-refractivity contribution >= 4 is 17.7 Å². The summed E-state index contributed by atoms with van der Waals surface area (Å²) in [4.78, 5) is 37.2. The molecule has 1 saturated carbocycles. The fourth-order valence-electron chi connectivity index (χ4n) is 4.70. The highest BCUT2D eigenvalue weighted by Crippen LogP contribution is 2.54. The van der Waals surface area contributed by atoms with Gasteiger partial charge in [-0.05, 0) is 31.3 Å². The Morgan fingerprint density at radius 2 is 2.00 bits per heavy atom. The summed E-state index contributed by atoms with van der Waals surface area (Å²) >= 11 is 0. The van der Waals surface area contributed by atoms with Crippen LogP contribution in [0, 0.1) is 35.0 Å². The first-order valence-corrected chi connectivity index (χ1v) is 8.81. The molecule has 1 aliphatic heterocycles. The number of esters is 2. The van der Waals surface area contributed by atoms with E-state index in [-0.39, 0.29) is 53.4 Å². The van der Waals surface area contributed by atoms with Crippen molar-refractivity contribution in [3.63, 3.8) is 0 Å². The fourth-order valence-corrected chi connectivity index (χ4v) is 4.70. The SMILES string of the molecule is CC(C)C(=O)OC1C2C(CC(C)C3C=CC(=O)C31C)OC(=O)C2C. The highest BCUT2D eigenvalue weighted by atomic mass is 16.6. The second kappa shape index (κ2) is 5.71. The molecule has 0 aromatic rings. The zero-order valence-corrected chi connectivity index (χ0v) is 14.9. The number of ketones is 1. The van der Waals surface area contributed by atoms with E-state index >= 15 is 0 Å². The molecule has 5 heteroatoms. The highest BCUT2D eigenvalue weighted by molar-refractivity contribution is 5.98. The average molecular weight is 334 g/mol. The largest absolute Gasteiger partial charge is 0.462 e. The van der Waals surface area contributed by atoms with Crippen LogP contribution in [0.3, 0.4) is 0 Å². The molecule has 0 radical (unpaired) electrons. The first-order chi connectivity index (χ1) is 11.2. The molecular formula is C19H26O5. The Hall–Kier alpha value is -1.65. The maximum atomic E-state index is 12.8. The lowest BCUT2D eigenvalue weighted by Gasteiger charge is -2.40. The molecule has 0 amide bonds. The van der Waals surface area contributed by atoms with Crippen LogP contribution >= 0.6 is 0 Å². The molecule has 2 fully saturated rings. The van der Waals surface area contributed by atoms with Crippen molar-refractivity contribution in [2.45, 2.75) is 53.2 Å². The van der Waals surface area contributed by atoms with Crippen molar-refractivity contribution in [2.24, 2.45) is 35.0 Å². The second-order valence-electron chi connectivity index (χ2n) is 8.10. The Kier molecular flexibility index (Phi) is 4.09. The maximum Gasteiger partial charge on any atom is 0.309 e. The molecule has 1 heterocycles. The van der Waals surface area contributed by atoms with Crippen LogP contribution in [-0.2, 0) is 23.9 Å². The predicted molar refractivity (Wildman–Crippen MR) is 86.8 cm³/mol. The second-order valence-corrected chi connectivity index (χ2v) is 8.10. The number of rotatable bonds is 2. The van der Waals surface area contributed by atoms with Crippen LogP contribution in [0.1, 0.15) is 41.0 Å². The molecule has 2 aliphatic carbocycles. The third-order valence-corrected chi connectivity index (χ3v) is 6.20. The summed E-state index contributed by atoms with van der Waals surface area (Å²) in [6.07, 6.45) is 3.30. The van der Waals surface area contributed by atoms with Crippen LogP contribution in [0.4, 0.5) is 0 Å². The van der Waals surface area contributed by atoms with Gasteiger partial charge in [0.2, 0.25) is 0 Å². The third-order valence-electron chi connectivity index (χ3n) is 6.20. The minimum absolute atomic E-state index is 0.00790. The lowest BCUT2D eigenvalue weighted by Crippen LogP contribution is -2.50. The number of carbonyl (C=O) groups is 3. The molecule has 5 nitrogen and oxygen atoms in total. The lowest BCUT2D eigenvalue weighted by atomic mass is 9.66. The van der Waals surface area contributed by atoms with Crippen LogP contribution in [0.2, 0.25) is 0 Å². The molecule has 7 unspecified atom stereocenters. The Bertz CT molecular complexity index is 607. The molecule has 0 N–H and O–H groups in total. The van der Waals surface area contributed by atoms with Gasteiger partial charge < -0.3 is 9.47 Å².